The van der Waals surface area contributed by atoms with E-state index in [4.69, 9.17) is 4.74 Å². The van der Waals surface area contributed by atoms with Gasteiger partial charge in [-0.3, -0.25) is 9.59 Å². The number of nitrogens with one attached hydrogen (secondary N) is 1. The van der Waals surface area contributed by atoms with E-state index in [2.05, 4.69) is 10.5 Å². The summed E-state index contributed by atoms with van der Waals surface area (Å²) in [5.74, 6) is -0.0354. The van der Waals surface area contributed by atoms with Gasteiger partial charge in [-0.05, 0) is 47.5 Å². The minimum atomic E-state index is -0.382. The van der Waals surface area contributed by atoms with Gasteiger partial charge in [0.15, 0.2) is 0 Å². The Balaban J connectivity index is 1.84. The average Bonchev–Trinajstić information content (AvgIpc) is 2.51. The molecule has 0 spiro atoms. The molecular formula is C17H16N2O4. The summed E-state index contributed by atoms with van der Waals surface area (Å²) in [6, 6.07) is 13.1. The number of hydrogen-bond donors (Lipinski definition) is 2. The molecule has 2 rings (SSSR count). The van der Waals surface area contributed by atoms with E-state index in [1.807, 2.05) is 0 Å². The fourth-order valence-corrected chi connectivity index (χ4v) is 1.81. The number of nitrogens with zero attached hydrogens (tertiary/aromatic N) is 1. The number of hydrazone groups is 1. The van der Waals surface area contributed by atoms with Crippen LogP contribution in [0.3, 0.4) is 0 Å². The average molecular weight is 312 g/mol. The second-order valence-electron chi connectivity index (χ2n) is 4.80. The third kappa shape index (κ3) is 5.62. The molecule has 6 heteroatoms. The van der Waals surface area contributed by atoms with Crippen molar-refractivity contribution in [2.75, 3.05) is 0 Å². The predicted octanol–water partition coefficient (Wildman–Crippen LogP) is 2.01. The number of esters is 1. The van der Waals surface area contributed by atoms with E-state index in [0.717, 1.165) is 11.1 Å². The fourth-order valence-electron chi connectivity index (χ4n) is 1.81. The summed E-state index contributed by atoms with van der Waals surface area (Å²) in [5, 5.41) is 13.0. The molecule has 0 aliphatic heterocycles. The third-order valence-electron chi connectivity index (χ3n) is 2.85. The second kappa shape index (κ2) is 7.74. The molecule has 0 fully saturated rings. The summed E-state index contributed by atoms with van der Waals surface area (Å²) in [6.07, 6.45) is 1.66. The summed E-state index contributed by atoms with van der Waals surface area (Å²) in [5.41, 5.74) is 3.96. The maximum atomic E-state index is 11.7. The van der Waals surface area contributed by atoms with Gasteiger partial charge in [0, 0.05) is 6.92 Å². The second-order valence-corrected chi connectivity index (χ2v) is 4.80. The van der Waals surface area contributed by atoms with Crippen molar-refractivity contribution >= 4 is 18.1 Å². The first-order valence-electron chi connectivity index (χ1n) is 6.91. The number of phenolic OH excluding ortho intramolecular Hbond substituents is 1. The topological polar surface area (TPSA) is 88.0 Å². The fraction of sp³-hybridized carbons (Fsp3) is 0.118. The third-order valence-corrected chi connectivity index (χ3v) is 2.85. The van der Waals surface area contributed by atoms with Crippen LogP contribution < -0.4 is 10.2 Å². The molecule has 1 amide bonds. The van der Waals surface area contributed by atoms with Crippen molar-refractivity contribution < 1.29 is 19.4 Å². The van der Waals surface area contributed by atoms with Crippen molar-refractivity contribution in [3.8, 4) is 11.5 Å². The van der Waals surface area contributed by atoms with Crippen molar-refractivity contribution in [1.29, 1.82) is 0 Å². The lowest BCUT2D eigenvalue weighted by Gasteiger charge is -2.02. The van der Waals surface area contributed by atoms with E-state index in [1.54, 1.807) is 36.4 Å². The Hall–Kier alpha value is -3.15. The van der Waals surface area contributed by atoms with Crippen LogP contribution in [0.15, 0.2) is 53.6 Å². The number of carbonyl (C=O) groups excluding carboxylic acids is 2. The summed E-state index contributed by atoms with van der Waals surface area (Å²) < 4.78 is 4.92. The quantitative estimate of drug-likeness (QED) is 0.382. The van der Waals surface area contributed by atoms with Gasteiger partial charge >= 0.3 is 5.97 Å². The SMILES string of the molecule is CC(=O)Oc1ccc(/C=N\NC(=O)Cc2ccc(O)cc2)cc1. The van der Waals surface area contributed by atoms with E-state index in [0.29, 0.717) is 5.75 Å². The Morgan fingerprint density at radius 3 is 2.39 bits per heavy atom. The van der Waals surface area contributed by atoms with Crippen LogP contribution in [-0.2, 0) is 16.0 Å². The van der Waals surface area contributed by atoms with Crippen LogP contribution in [0.25, 0.3) is 0 Å². The summed E-state index contributed by atoms with van der Waals surface area (Å²) in [6.45, 7) is 1.33. The van der Waals surface area contributed by atoms with Crippen molar-refractivity contribution in [2.45, 2.75) is 13.3 Å². The van der Waals surface area contributed by atoms with Crippen LogP contribution in [0.1, 0.15) is 18.1 Å². The summed E-state index contributed by atoms with van der Waals surface area (Å²) >= 11 is 0. The van der Waals surface area contributed by atoms with Crippen molar-refractivity contribution in [1.82, 2.24) is 5.43 Å². The molecular weight excluding hydrogens is 296 g/mol. The summed E-state index contributed by atoms with van der Waals surface area (Å²) in [7, 11) is 0. The van der Waals surface area contributed by atoms with Gasteiger partial charge in [-0.15, -0.1) is 0 Å². The highest BCUT2D eigenvalue weighted by Gasteiger charge is 2.02. The Bertz CT molecular complexity index is 706. The van der Waals surface area contributed by atoms with E-state index >= 15 is 0 Å². The minimum Gasteiger partial charge on any atom is -0.508 e. The maximum Gasteiger partial charge on any atom is 0.308 e. The highest BCUT2D eigenvalue weighted by molar-refractivity contribution is 5.83. The van der Waals surface area contributed by atoms with Gasteiger partial charge in [-0.25, -0.2) is 5.43 Å². The highest BCUT2D eigenvalue weighted by Crippen LogP contribution is 2.11. The first kappa shape index (κ1) is 16.2. The number of benzene rings is 2. The van der Waals surface area contributed by atoms with Crippen molar-refractivity contribution in [3.63, 3.8) is 0 Å². The zero-order valence-electron chi connectivity index (χ0n) is 12.5. The highest BCUT2D eigenvalue weighted by atomic mass is 16.5. The number of hydrogen-bond acceptors (Lipinski definition) is 5. The number of amides is 1. The number of ether oxygens (including phenoxy) is 1. The van der Waals surface area contributed by atoms with Gasteiger partial charge in [-0.2, -0.15) is 5.10 Å². The van der Waals surface area contributed by atoms with E-state index in [9.17, 15) is 14.7 Å². The molecule has 0 aliphatic rings. The number of phenols is 1. The Morgan fingerprint density at radius 2 is 1.78 bits per heavy atom. The van der Waals surface area contributed by atoms with Crippen molar-refractivity contribution in [2.24, 2.45) is 5.10 Å². The van der Waals surface area contributed by atoms with Crippen LogP contribution in [-0.4, -0.2) is 23.2 Å². The first-order valence-corrected chi connectivity index (χ1v) is 6.91. The van der Waals surface area contributed by atoms with Crippen molar-refractivity contribution in [3.05, 3.63) is 59.7 Å². The van der Waals surface area contributed by atoms with Crippen LogP contribution in [0.2, 0.25) is 0 Å². The Kier molecular flexibility index (Phi) is 5.46. The van der Waals surface area contributed by atoms with Gasteiger partial charge in [0.1, 0.15) is 11.5 Å². The molecule has 0 atom stereocenters. The molecule has 118 valence electrons. The molecule has 2 N–H and O–H groups in total. The zero-order chi connectivity index (χ0) is 16.7. The predicted molar refractivity (Wildman–Crippen MR) is 85.3 cm³/mol. The zero-order valence-corrected chi connectivity index (χ0v) is 12.5. The van der Waals surface area contributed by atoms with E-state index in [-0.39, 0.29) is 24.0 Å². The lowest BCUT2D eigenvalue weighted by atomic mass is 10.1. The monoisotopic (exact) mass is 312 g/mol. The largest absolute Gasteiger partial charge is 0.508 e. The standard InChI is InChI=1S/C17H16N2O4/c1-12(20)23-16-8-4-14(5-9-16)11-18-19-17(22)10-13-2-6-15(21)7-3-13/h2-9,11,21H,10H2,1H3,(H,19,22)/b18-11-. The number of rotatable bonds is 5. The van der Waals surface area contributed by atoms with Gasteiger partial charge < -0.3 is 9.84 Å². The lowest BCUT2D eigenvalue weighted by Crippen LogP contribution is -2.19. The minimum absolute atomic E-state index is 0.157. The lowest BCUT2D eigenvalue weighted by molar-refractivity contribution is -0.131. The molecule has 23 heavy (non-hydrogen) atoms. The molecule has 0 saturated carbocycles. The van der Waals surface area contributed by atoms with E-state index in [1.165, 1.54) is 25.3 Å². The number of aromatic hydroxyl groups is 1. The molecule has 0 aliphatic carbocycles. The molecule has 0 aromatic heterocycles. The number of carbonyl (C=O) groups is 2. The molecule has 0 radical (unpaired) electrons. The van der Waals surface area contributed by atoms with Gasteiger partial charge in [-0.1, -0.05) is 12.1 Å². The van der Waals surface area contributed by atoms with Crippen LogP contribution in [0.5, 0.6) is 11.5 Å². The van der Waals surface area contributed by atoms with Crippen LogP contribution >= 0.6 is 0 Å². The van der Waals surface area contributed by atoms with Gasteiger partial charge in [0.05, 0.1) is 12.6 Å². The first-order chi connectivity index (χ1) is 11.0. The Labute approximate surface area is 133 Å². The molecule has 0 saturated heterocycles. The van der Waals surface area contributed by atoms with Crippen LogP contribution in [0, 0.1) is 0 Å². The Morgan fingerprint density at radius 1 is 1.13 bits per heavy atom. The molecule has 0 bridgehead atoms. The maximum absolute atomic E-state index is 11.7. The van der Waals surface area contributed by atoms with Crippen LogP contribution in [0.4, 0.5) is 0 Å². The van der Waals surface area contributed by atoms with E-state index < -0.39 is 0 Å². The molecule has 0 heterocycles. The smallest absolute Gasteiger partial charge is 0.308 e. The normalized spacial score (nSPS) is 10.5. The molecule has 6 nitrogen and oxygen atoms in total. The molecule has 2 aromatic carbocycles. The van der Waals surface area contributed by atoms with Gasteiger partial charge in [0.25, 0.3) is 0 Å². The molecule has 0 unspecified atom stereocenters. The molecule has 2 aromatic rings. The summed E-state index contributed by atoms with van der Waals surface area (Å²) in [4.78, 5) is 22.5. The van der Waals surface area contributed by atoms with Gasteiger partial charge in [0.2, 0.25) is 5.91 Å².